The van der Waals surface area contributed by atoms with Gasteiger partial charge in [-0.1, -0.05) is 18.2 Å². The van der Waals surface area contributed by atoms with Gasteiger partial charge in [0.1, 0.15) is 5.75 Å². The van der Waals surface area contributed by atoms with Gasteiger partial charge >= 0.3 is 0 Å². The van der Waals surface area contributed by atoms with Crippen LogP contribution < -0.4 is 10.1 Å². The molecule has 3 nitrogen and oxygen atoms in total. The Kier molecular flexibility index (Phi) is 4.27. The second-order valence-corrected chi connectivity index (χ2v) is 6.28. The number of hydrogen-bond donors (Lipinski definition) is 1. The van der Waals surface area contributed by atoms with Gasteiger partial charge in [0.25, 0.3) is 0 Å². The molecule has 0 spiro atoms. The summed E-state index contributed by atoms with van der Waals surface area (Å²) in [6, 6.07) is 9.73. The summed E-state index contributed by atoms with van der Waals surface area (Å²) < 4.78 is 5.50. The second kappa shape index (κ2) is 6.15. The maximum Gasteiger partial charge on any atom is 0.123 e. The molecule has 0 bridgehead atoms. The summed E-state index contributed by atoms with van der Waals surface area (Å²) in [6.07, 6.45) is 4.06. The number of hydrogen-bond acceptors (Lipinski definition) is 3. The molecule has 2 aliphatic rings. The Balaban J connectivity index is 1.72. The molecule has 1 aromatic carbocycles. The smallest absolute Gasteiger partial charge is 0.123 e. The van der Waals surface area contributed by atoms with Gasteiger partial charge < -0.3 is 10.1 Å². The predicted molar refractivity (Wildman–Crippen MR) is 82.0 cm³/mol. The van der Waals surface area contributed by atoms with Crippen molar-refractivity contribution >= 4 is 0 Å². The van der Waals surface area contributed by atoms with Gasteiger partial charge in [-0.05, 0) is 44.7 Å². The SMILES string of the molecule is COc1ccccc1CN1CC(C2CC2)NCCC1C. The van der Waals surface area contributed by atoms with Gasteiger partial charge in [-0.2, -0.15) is 0 Å². The average molecular weight is 274 g/mol. The van der Waals surface area contributed by atoms with Gasteiger partial charge in [-0.25, -0.2) is 0 Å². The molecule has 1 N–H and O–H groups in total. The van der Waals surface area contributed by atoms with Crippen molar-refractivity contribution < 1.29 is 4.74 Å². The topological polar surface area (TPSA) is 24.5 Å². The molecule has 0 radical (unpaired) electrons. The Morgan fingerprint density at radius 3 is 2.80 bits per heavy atom. The maximum absolute atomic E-state index is 5.50. The van der Waals surface area contributed by atoms with E-state index < -0.39 is 0 Å². The van der Waals surface area contributed by atoms with Crippen LogP contribution in [-0.2, 0) is 6.54 Å². The standard InChI is InChI=1S/C17H26N2O/c1-13-9-10-18-16(14-7-8-14)12-19(13)11-15-5-3-4-6-17(15)20-2/h3-6,13-14,16,18H,7-12H2,1-2H3. The number of para-hydroxylation sites is 1. The summed E-state index contributed by atoms with van der Waals surface area (Å²) in [5.74, 6) is 1.93. The van der Waals surface area contributed by atoms with Gasteiger partial charge in [-0.15, -0.1) is 0 Å². The lowest BCUT2D eigenvalue weighted by molar-refractivity contribution is 0.188. The first-order chi connectivity index (χ1) is 9.78. The minimum Gasteiger partial charge on any atom is -0.496 e. The molecular weight excluding hydrogens is 248 g/mol. The molecule has 2 unspecified atom stereocenters. The summed E-state index contributed by atoms with van der Waals surface area (Å²) in [7, 11) is 1.76. The van der Waals surface area contributed by atoms with Crippen LogP contribution in [0.5, 0.6) is 5.75 Å². The van der Waals surface area contributed by atoms with Crippen molar-refractivity contribution in [1.29, 1.82) is 0 Å². The molecule has 1 aromatic rings. The highest BCUT2D eigenvalue weighted by molar-refractivity contribution is 5.33. The molecule has 3 rings (SSSR count). The van der Waals surface area contributed by atoms with Gasteiger partial charge in [0.05, 0.1) is 7.11 Å². The van der Waals surface area contributed by atoms with Crippen molar-refractivity contribution in [1.82, 2.24) is 10.2 Å². The first-order valence-electron chi connectivity index (χ1n) is 7.87. The molecule has 1 aliphatic carbocycles. The Morgan fingerprint density at radius 2 is 2.05 bits per heavy atom. The van der Waals surface area contributed by atoms with Crippen molar-refractivity contribution in [3.8, 4) is 5.75 Å². The fourth-order valence-corrected chi connectivity index (χ4v) is 3.24. The fraction of sp³-hybridized carbons (Fsp3) is 0.647. The van der Waals surface area contributed by atoms with E-state index in [0.29, 0.717) is 12.1 Å². The highest BCUT2D eigenvalue weighted by atomic mass is 16.5. The predicted octanol–water partition coefficient (Wildman–Crippen LogP) is 2.66. The van der Waals surface area contributed by atoms with E-state index in [0.717, 1.165) is 24.8 Å². The van der Waals surface area contributed by atoms with Crippen molar-refractivity contribution in [2.75, 3.05) is 20.2 Å². The Morgan fingerprint density at radius 1 is 1.25 bits per heavy atom. The zero-order valence-corrected chi connectivity index (χ0v) is 12.6. The lowest BCUT2D eigenvalue weighted by Gasteiger charge is -2.29. The van der Waals surface area contributed by atoms with E-state index in [4.69, 9.17) is 4.74 Å². The third kappa shape index (κ3) is 3.15. The zero-order valence-electron chi connectivity index (χ0n) is 12.6. The second-order valence-electron chi connectivity index (χ2n) is 6.28. The number of ether oxygens (including phenoxy) is 1. The van der Waals surface area contributed by atoms with Crippen molar-refractivity contribution in [3.63, 3.8) is 0 Å². The van der Waals surface area contributed by atoms with Crippen LogP contribution in [0.25, 0.3) is 0 Å². The van der Waals surface area contributed by atoms with Crippen LogP contribution in [0.2, 0.25) is 0 Å². The molecular formula is C17H26N2O. The fourth-order valence-electron chi connectivity index (χ4n) is 3.24. The van der Waals surface area contributed by atoms with Crippen LogP contribution in [0.15, 0.2) is 24.3 Å². The van der Waals surface area contributed by atoms with Crippen LogP contribution >= 0.6 is 0 Å². The molecule has 1 heterocycles. The van der Waals surface area contributed by atoms with Gasteiger partial charge in [0, 0.05) is 30.7 Å². The Labute approximate surface area is 122 Å². The van der Waals surface area contributed by atoms with E-state index in [1.54, 1.807) is 7.11 Å². The molecule has 20 heavy (non-hydrogen) atoms. The molecule has 3 heteroatoms. The maximum atomic E-state index is 5.50. The van der Waals surface area contributed by atoms with Crippen LogP contribution in [-0.4, -0.2) is 37.2 Å². The molecule has 2 atom stereocenters. The number of rotatable bonds is 4. The summed E-state index contributed by atoms with van der Waals surface area (Å²) in [5, 5.41) is 3.75. The lowest BCUT2D eigenvalue weighted by atomic mass is 10.1. The highest BCUT2D eigenvalue weighted by Gasteiger charge is 2.34. The van der Waals surface area contributed by atoms with E-state index in [9.17, 15) is 0 Å². The lowest BCUT2D eigenvalue weighted by Crippen LogP contribution is -2.40. The highest BCUT2D eigenvalue weighted by Crippen LogP contribution is 2.34. The minimum absolute atomic E-state index is 0.635. The number of benzene rings is 1. The molecule has 1 saturated heterocycles. The largest absolute Gasteiger partial charge is 0.496 e. The summed E-state index contributed by atoms with van der Waals surface area (Å²) in [5.41, 5.74) is 1.30. The molecule has 0 amide bonds. The molecule has 2 fully saturated rings. The third-order valence-corrected chi connectivity index (χ3v) is 4.78. The number of methoxy groups -OCH3 is 1. The van der Waals surface area contributed by atoms with Crippen LogP contribution in [0.3, 0.4) is 0 Å². The Hall–Kier alpha value is -1.06. The zero-order chi connectivity index (χ0) is 13.9. The first-order valence-corrected chi connectivity index (χ1v) is 7.87. The molecule has 1 saturated carbocycles. The van der Waals surface area contributed by atoms with Gasteiger partial charge in [0.15, 0.2) is 0 Å². The van der Waals surface area contributed by atoms with E-state index in [1.807, 2.05) is 6.07 Å². The normalized spacial score (nSPS) is 28.1. The molecule has 110 valence electrons. The molecule has 1 aliphatic heterocycles. The van der Waals surface area contributed by atoms with E-state index in [-0.39, 0.29) is 0 Å². The molecule has 0 aromatic heterocycles. The van der Waals surface area contributed by atoms with Crippen LogP contribution in [0.4, 0.5) is 0 Å². The Bertz CT molecular complexity index is 444. The first kappa shape index (κ1) is 13.9. The van der Waals surface area contributed by atoms with Crippen LogP contribution in [0.1, 0.15) is 31.7 Å². The van der Waals surface area contributed by atoms with E-state index in [2.05, 4.69) is 35.3 Å². The van der Waals surface area contributed by atoms with Crippen molar-refractivity contribution in [2.24, 2.45) is 5.92 Å². The monoisotopic (exact) mass is 274 g/mol. The summed E-state index contributed by atoms with van der Waals surface area (Å²) >= 11 is 0. The summed E-state index contributed by atoms with van der Waals surface area (Å²) in [4.78, 5) is 2.63. The quantitative estimate of drug-likeness (QED) is 0.913. The number of nitrogens with one attached hydrogen (secondary N) is 1. The van der Waals surface area contributed by atoms with Gasteiger partial charge in [-0.3, -0.25) is 4.90 Å². The van der Waals surface area contributed by atoms with Crippen molar-refractivity contribution in [3.05, 3.63) is 29.8 Å². The van der Waals surface area contributed by atoms with Crippen LogP contribution in [0, 0.1) is 5.92 Å². The third-order valence-electron chi connectivity index (χ3n) is 4.78. The number of nitrogens with zero attached hydrogens (tertiary/aromatic N) is 1. The average Bonchev–Trinajstić information content (AvgIpc) is 3.29. The minimum atomic E-state index is 0.635. The van der Waals surface area contributed by atoms with Gasteiger partial charge in [0.2, 0.25) is 0 Å². The van der Waals surface area contributed by atoms with Crippen molar-refractivity contribution in [2.45, 2.75) is 44.8 Å². The van der Waals surface area contributed by atoms with E-state index in [1.165, 1.54) is 31.4 Å². The summed E-state index contributed by atoms with van der Waals surface area (Å²) in [6.45, 7) is 5.68. The van der Waals surface area contributed by atoms with E-state index >= 15 is 0 Å².